The van der Waals surface area contributed by atoms with Crippen molar-refractivity contribution in [3.8, 4) is 16.9 Å². The largest absolute Gasteiger partial charge is 0.497 e. The van der Waals surface area contributed by atoms with E-state index in [0.29, 0.717) is 0 Å². The van der Waals surface area contributed by atoms with E-state index in [1.807, 2.05) is 24.5 Å². The Balaban J connectivity index is 1.66. The average Bonchev–Trinajstić information content (AvgIpc) is 2.76. The van der Waals surface area contributed by atoms with Crippen molar-refractivity contribution in [3.63, 3.8) is 0 Å². The molecule has 4 rings (SSSR count). The van der Waals surface area contributed by atoms with Gasteiger partial charge in [-0.3, -0.25) is 9.88 Å². The molecule has 0 aliphatic carbocycles. The molecule has 0 N–H and O–H groups in total. The van der Waals surface area contributed by atoms with Gasteiger partial charge in [-0.05, 0) is 46.5 Å². The maximum atomic E-state index is 5.55. The van der Waals surface area contributed by atoms with E-state index in [1.165, 1.54) is 16.7 Å². The van der Waals surface area contributed by atoms with Crippen molar-refractivity contribution in [1.29, 1.82) is 0 Å². The van der Waals surface area contributed by atoms with E-state index in [1.54, 1.807) is 7.11 Å². The Kier molecular flexibility index (Phi) is 5.47. The molecule has 1 saturated heterocycles. The fourth-order valence-electron chi connectivity index (χ4n) is 3.66. The molecule has 1 fully saturated rings. The van der Waals surface area contributed by atoms with Gasteiger partial charge >= 0.3 is 0 Å². The summed E-state index contributed by atoms with van der Waals surface area (Å²) < 4.78 is 10.9. The number of morpholine rings is 1. The summed E-state index contributed by atoms with van der Waals surface area (Å²) in [5, 5.41) is 0. The first-order valence-electron chi connectivity index (χ1n) is 9.31. The highest BCUT2D eigenvalue weighted by Gasteiger charge is 2.24. The van der Waals surface area contributed by atoms with E-state index >= 15 is 0 Å². The zero-order valence-electron chi connectivity index (χ0n) is 15.5. The van der Waals surface area contributed by atoms with Gasteiger partial charge in [0, 0.05) is 25.5 Å². The molecule has 1 aliphatic heterocycles. The number of methoxy groups -OCH3 is 1. The predicted molar refractivity (Wildman–Crippen MR) is 107 cm³/mol. The summed E-state index contributed by atoms with van der Waals surface area (Å²) in [4.78, 5) is 6.67. The molecular weight excluding hydrogens is 336 g/mol. The maximum Gasteiger partial charge on any atom is 0.119 e. The number of hydrogen-bond donors (Lipinski definition) is 0. The van der Waals surface area contributed by atoms with Gasteiger partial charge in [-0.1, -0.05) is 36.4 Å². The second-order valence-electron chi connectivity index (χ2n) is 6.69. The van der Waals surface area contributed by atoms with E-state index in [2.05, 4.69) is 58.4 Å². The molecule has 1 aliphatic rings. The highest BCUT2D eigenvalue weighted by Crippen LogP contribution is 2.31. The molecule has 0 amide bonds. The normalized spacial score (nSPS) is 16.0. The van der Waals surface area contributed by atoms with E-state index in [0.717, 1.165) is 37.6 Å². The lowest BCUT2D eigenvalue weighted by molar-refractivity contribution is 0.0239. The van der Waals surface area contributed by atoms with E-state index in [4.69, 9.17) is 9.47 Å². The van der Waals surface area contributed by atoms with Crippen LogP contribution in [0.15, 0.2) is 73.1 Å². The fourth-order valence-corrected chi connectivity index (χ4v) is 3.66. The summed E-state index contributed by atoms with van der Waals surface area (Å²) in [6, 6.07) is 21.5. The van der Waals surface area contributed by atoms with Crippen molar-refractivity contribution in [2.24, 2.45) is 0 Å². The van der Waals surface area contributed by atoms with Gasteiger partial charge in [0.2, 0.25) is 0 Å². The zero-order valence-corrected chi connectivity index (χ0v) is 15.5. The van der Waals surface area contributed by atoms with Crippen LogP contribution < -0.4 is 4.74 Å². The van der Waals surface area contributed by atoms with Gasteiger partial charge in [-0.25, -0.2) is 0 Å². The smallest absolute Gasteiger partial charge is 0.119 e. The molecule has 0 saturated carbocycles. The van der Waals surface area contributed by atoms with Crippen molar-refractivity contribution < 1.29 is 9.47 Å². The lowest BCUT2D eigenvalue weighted by Crippen LogP contribution is -2.39. The van der Waals surface area contributed by atoms with Crippen molar-refractivity contribution in [1.82, 2.24) is 9.88 Å². The Morgan fingerprint density at radius 3 is 2.30 bits per heavy atom. The SMILES string of the molecule is COc1cccc(-c2ccc([C@H](c3ccncc3)N3CCOCC3)cc2)c1. The molecule has 2 heterocycles. The summed E-state index contributed by atoms with van der Waals surface area (Å²) in [5.41, 5.74) is 4.90. The molecule has 1 atom stereocenters. The van der Waals surface area contributed by atoms with Crippen LogP contribution in [0.1, 0.15) is 17.2 Å². The molecule has 2 aromatic carbocycles. The van der Waals surface area contributed by atoms with Crippen LogP contribution in [0.25, 0.3) is 11.1 Å². The molecule has 4 heteroatoms. The molecule has 3 aromatic rings. The van der Waals surface area contributed by atoms with Crippen LogP contribution in [0.4, 0.5) is 0 Å². The number of benzene rings is 2. The lowest BCUT2D eigenvalue weighted by atomic mass is 9.95. The Morgan fingerprint density at radius 2 is 1.59 bits per heavy atom. The van der Waals surface area contributed by atoms with E-state index < -0.39 is 0 Å². The van der Waals surface area contributed by atoms with Crippen molar-refractivity contribution in [2.75, 3.05) is 33.4 Å². The summed E-state index contributed by atoms with van der Waals surface area (Å²) in [5.74, 6) is 0.875. The minimum atomic E-state index is 0.219. The molecule has 0 radical (unpaired) electrons. The van der Waals surface area contributed by atoms with Crippen LogP contribution in [0.3, 0.4) is 0 Å². The minimum Gasteiger partial charge on any atom is -0.497 e. The van der Waals surface area contributed by atoms with Gasteiger partial charge in [-0.2, -0.15) is 0 Å². The molecule has 0 spiro atoms. The maximum absolute atomic E-state index is 5.55. The second kappa shape index (κ2) is 8.33. The summed E-state index contributed by atoms with van der Waals surface area (Å²) in [6.07, 6.45) is 3.74. The van der Waals surface area contributed by atoms with Crippen LogP contribution in [0, 0.1) is 0 Å². The molecule has 138 valence electrons. The lowest BCUT2D eigenvalue weighted by Gasteiger charge is -2.35. The summed E-state index contributed by atoms with van der Waals surface area (Å²) in [7, 11) is 1.70. The zero-order chi connectivity index (χ0) is 18.5. The first-order valence-corrected chi connectivity index (χ1v) is 9.31. The van der Waals surface area contributed by atoms with Crippen molar-refractivity contribution in [3.05, 3.63) is 84.2 Å². The fraction of sp³-hybridized carbons (Fsp3) is 0.261. The Morgan fingerprint density at radius 1 is 0.889 bits per heavy atom. The van der Waals surface area contributed by atoms with E-state index in [-0.39, 0.29) is 6.04 Å². The third kappa shape index (κ3) is 4.02. The van der Waals surface area contributed by atoms with Crippen LogP contribution in [-0.2, 0) is 4.74 Å². The Bertz CT molecular complexity index is 859. The Labute approximate surface area is 160 Å². The number of pyridine rings is 1. The topological polar surface area (TPSA) is 34.6 Å². The monoisotopic (exact) mass is 360 g/mol. The molecule has 4 nitrogen and oxygen atoms in total. The average molecular weight is 360 g/mol. The Hall–Kier alpha value is -2.69. The first kappa shape index (κ1) is 17.7. The van der Waals surface area contributed by atoms with Gasteiger partial charge in [0.05, 0.1) is 26.4 Å². The standard InChI is InChI=1S/C23H24N2O2/c1-26-22-4-2-3-21(17-22)18-5-7-19(8-6-18)23(20-9-11-24-12-10-20)25-13-15-27-16-14-25/h2-12,17,23H,13-16H2,1H3/t23-/m1/s1. The third-order valence-electron chi connectivity index (χ3n) is 5.06. The number of nitrogens with zero attached hydrogens (tertiary/aromatic N) is 2. The first-order chi connectivity index (χ1) is 13.3. The van der Waals surface area contributed by atoms with Crippen LogP contribution in [0.5, 0.6) is 5.75 Å². The minimum absolute atomic E-state index is 0.219. The number of aromatic nitrogens is 1. The van der Waals surface area contributed by atoms with E-state index in [9.17, 15) is 0 Å². The molecule has 27 heavy (non-hydrogen) atoms. The van der Waals surface area contributed by atoms with Gasteiger partial charge in [-0.15, -0.1) is 0 Å². The number of ether oxygens (including phenoxy) is 2. The van der Waals surface area contributed by atoms with Crippen molar-refractivity contribution >= 4 is 0 Å². The summed E-state index contributed by atoms with van der Waals surface area (Å²) >= 11 is 0. The van der Waals surface area contributed by atoms with Gasteiger partial charge in [0.25, 0.3) is 0 Å². The summed E-state index contributed by atoms with van der Waals surface area (Å²) in [6.45, 7) is 3.43. The quantitative estimate of drug-likeness (QED) is 0.684. The van der Waals surface area contributed by atoms with Crippen LogP contribution in [0.2, 0.25) is 0 Å². The van der Waals surface area contributed by atoms with Gasteiger partial charge in [0.1, 0.15) is 5.75 Å². The molecule has 0 unspecified atom stereocenters. The van der Waals surface area contributed by atoms with Gasteiger partial charge < -0.3 is 9.47 Å². The molecule has 0 bridgehead atoms. The second-order valence-corrected chi connectivity index (χ2v) is 6.69. The highest BCUT2D eigenvalue weighted by molar-refractivity contribution is 5.65. The molecular formula is C23H24N2O2. The molecule has 1 aromatic heterocycles. The number of hydrogen-bond acceptors (Lipinski definition) is 4. The number of rotatable bonds is 5. The van der Waals surface area contributed by atoms with Crippen LogP contribution in [-0.4, -0.2) is 43.3 Å². The predicted octanol–water partition coefficient (Wildman–Crippen LogP) is 4.18. The highest BCUT2D eigenvalue weighted by atomic mass is 16.5. The van der Waals surface area contributed by atoms with Crippen LogP contribution >= 0.6 is 0 Å². The third-order valence-corrected chi connectivity index (χ3v) is 5.06. The van der Waals surface area contributed by atoms with Gasteiger partial charge in [0.15, 0.2) is 0 Å². The van der Waals surface area contributed by atoms with Crippen molar-refractivity contribution in [2.45, 2.75) is 6.04 Å².